The van der Waals surface area contributed by atoms with Crippen LogP contribution in [0.4, 0.5) is 0 Å². The fourth-order valence-corrected chi connectivity index (χ4v) is 8.45. The van der Waals surface area contributed by atoms with Crippen LogP contribution in [0.1, 0.15) is 0 Å². The van der Waals surface area contributed by atoms with E-state index in [-0.39, 0.29) is 0 Å². The predicted octanol–water partition coefficient (Wildman–Crippen LogP) is 13.3. The maximum Gasteiger partial charge on any atom is 0.136 e. The van der Waals surface area contributed by atoms with Crippen molar-refractivity contribution in [1.29, 1.82) is 0 Å². The number of hydrogen-bond acceptors (Lipinski definition) is 2. The van der Waals surface area contributed by atoms with Crippen molar-refractivity contribution in [3.63, 3.8) is 0 Å². The molecule has 0 atom stereocenters. The lowest BCUT2D eigenvalue weighted by molar-refractivity contribution is 0.669. The van der Waals surface area contributed by atoms with Gasteiger partial charge in [-0.2, -0.15) is 0 Å². The summed E-state index contributed by atoms with van der Waals surface area (Å²) in [5.41, 5.74) is 9.32. The zero-order chi connectivity index (χ0) is 30.2. The summed E-state index contributed by atoms with van der Waals surface area (Å²) in [7, 11) is 0. The smallest absolute Gasteiger partial charge is 0.136 e. The van der Waals surface area contributed by atoms with Crippen LogP contribution in [0.3, 0.4) is 0 Å². The van der Waals surface area contributed by atoms with Crippen LogP contribution >= 0.6 is 11.3 Å². The van der Waals surface area contributed by atoms with Gasteiger partial charge < -0.3 is 4.42 Å². The highest BCUT2D eigenvalue weighted by atomic mass is 32.1. The Labute approximate surface area is 269 Å². The maximum absolute atomic E-state index is 6.61. The molecule has 0 fully saturated rings. The van der Waals surface area contributed by atoms with Gasteiger partial charge in [0.1, 0.15) is 11.2 Å². The van der Waals surface area contributed by atoms with Crippen molar-refractivity contribution in [2.24, 2.45) is 0 Å². The van der Waals surface area contributed by atoms with Crippen molar-refractivity contribution in [1.82, 2.24) is 0 Å². The van der Waals surface area contributed by atoms with E-state index in [1.165, 1.54) is 70.2 Å². The average Bonchev–Trinajstić information content (AvgIpc) is 3.70. The summed E-state index contributed by atoms with van der Waals surface area (Å²) >= 11 is 1.78. The minimum absolute atomic E-state index is 0.915. The number of benzene rings is 8. The summed E-state index contributed by atoms with van der Waals surface area (Å²) in [6.07, 6.45) is 0. The molecule has 10 aromatic rings. The molecule has 0 aliphatic heterocycles. The average molecular weight is 603 g/mol. The van der Waals surface area contributed by atoms with Gasteiger partial charge in [0, 0.05) is 26.4 Å². The van der Waals surface area contributed by atoms with E-state index in [9.17, 15) is 0 Å². The summed E-state index contributed by atoms with van der Waals surface area (Å²) in [6, 6.07) is 55.0. The molecule has 0 radical (unpaired) electrons. The SMILES string of the molecule is c1ccc(-c2csc3cc4oc5cc(-c6c7ccccc7c(-c7cccc8ccccc78)c7ccccc67)ccc5c4cc23)cc1. The summed E-state index contributed by atoms with van der Waals surface area (Å²) in [6.45, 7) is 0. The normalized spacial score (nSPS) is 11.9. The van der Waals surface area contributed by atoms with Crippen molar-refractivity contribution >= 4 is 75.7 Å². The summed E-state index contributed by atoms with van der Waals surface area (Å²) < 4.78 is 7.85. The second-order valence-electron chi connectivity index (χ2n) is 12.0. The number of fused-ring (bicyclic) bond motifs is 7. The van der Waals surface area contributed by atoms with E-state index >= 15 is 0 Å². The molecule has 0 N–H and O–H groups in total. The van der Waals surface area contributed by atoms with E-state index in [4.69, 9.17) is 4.42 Å². The molecule has 10 rings (SSSR count). The highest BCUT2D eigenvalue weighted by Crippen LogP contribution is 2.46. The molecule has 2 aromatic heterocycles. The van der Waals surface area contributed by atoms with Gasteiger partial charge in [0.2, 0.25) is 0 Å². The first-order valence-electron chi connectivity index (χ1n) is 15.7. The van der Waals surface area contributed by atoms with Crippen LogP contribution in [-0.4, -0.2) is 0 Å². The van der Waals surface area contributed by atoms with Crippen molar-refractivity contribution in [2.75, 3.05) is 0 Å². The first kappa shape index (κ1) is 25.6. The van der Waals surface area contributed by atoms with Crippen molar-refractivity contribution in [3.05, 3.63) is 157 Å². The van der Waals surface area contributed by atoms with E-state index in [0.717, 1.165) is 27.5 Å². The Balaban J connectivity index is 1.22. The lowest BCUT2D eigenvalue weighted by Crippen LogP contribution is -1.91. The molecule has 2 heterocycles. The Bertz CT molecular complexity index is 2740. The first-order chi connectivity index (χ1) is 22.8. The van der Waals surface area contributed by atoms with Gasteiger partial charge >= 0.3 is 0 Å². The van der Waals surface area contributed by atoms with Crippen LogP contribution in [0.2, 0.25) is 0 Å². The number of furan rings is 1. The van der Waals surface area contributed by atoms with E-state index in [2.05, 4.69) is 157 Å². The van der Waals surface area contributed by atoms with E-state index in [1.807, 2.05) is 0 Å². The van der Waals surface area contributed by atoms with Gasteiger partial charge in [-0.3, -0.25) is 0 Å². The highest BCUT2D eigenvalue weighted by Gasteiger charge is 2.19. The van der Waals surface area contributed by atoms with Crippen LogP contribution < -0.4 is 0 Å². The van der Waals surface area contributed by atoms with Gasteiger partial charge in [-0.05, 0) is 89.8 Å². The predicted molar refractivity (Wildman–Crippen MR) is 198 cm³/mol. The largest absolute Gasteiger partial charge is 0.456 e. The topological polar surface area (TPSA) is 13.1 Å². The minimum atomic E-state index is 0.915. The van der Waals surface area contributed by atoms with Crippen LogP contribution in [-0.2, 0) is 0 Å². The molecular formula is C44H26OS. The molecule has 0 saturated carbocycles. The number of rotatable bonds is 3. The molecule has 0 unspecified atom stereocenters. The standard InChI is InChI=1S/C44H26OS/c1-2-11-28(12-3-1)39-26-46-42-25-41-37(24-38(39)42)31-22-21-29(23-40(31)45-41)43-33-16-6-8-18-35(33)44(36-19-9-7-17-34(36)43)32-20-10-14-27-13-4-5-15-30(27)32/h1-26H. The van der Waals surface area contributed by atoms with E-state index < -0.39 is 0 Å². The van der Waals surface area contributed by atoms with Gasteiger partial charge in [-0.25, -0.2) is 0 Å². The highest BCUT2D eigenvalue weighted by molar-refractivity contribution is 7.17. The quantitative estimate of drug-likeness (QED) is 0.183. The molecular weight excluding hydrogens is 577 g/mol. The minimum Gasteiger partial charge on any atom is -0.456 e. The molecule has 1 nitrogen and oxygen atoms in total. The first-order valence-corrected chi connectivity index (χ1v) is 16.5. The zero-order valence-corrected chi connectivity index (χ0v) is 25.6. The Morgan fingerprint density at radius 2 is 1.00 bits per heavy atom. The Morgan fingerprint density at radius 1 is 0.370 bits per heavy atom. The molecule has 214 valence electrons. The van der Waals surface area contributed by atoms with Crippen molar-refractivity contribution in [2.45, 2.75) is 0 Å². The Morgan fingerprint density at radius 3 is 1.76 bits per heavy atom. The lowest BCUT2D eigenvalue weighted by atomic mass is 9.84. The zero-order valence-electron chi connectivity index (χ0n) is 24.8. The molecule has 0 aliphatic rings. The molecule has 46 heavy (non-hydrogen) atoms. The third-order valence-electron chi connectivity index (χ3n) is 9.53. The van der Waals surface area contributed by atoms with Gasteiger partial charge in [0.05, 0.1) is 0 Å². The Kier molecular flexibility index (Phi) is 5.51. The van der Waals surface area contributed by atoms with Gasteiger partial charge in [-0.1, -0.05) is 127 Å². The van der Waals surface area contributed by atoms with Crippen LogP contribution in [0, 0.1) is 0 Å². The van der Waals surface area contributed by atoms with E-state index in [0.29, 0.717) is 0 Å². The van der Waals surface area contributed by atoms with Gasteiger partial charge in [-0.15, -0.1) is 11.3 Å². The number of thiophene rings is 1. The fraction of sp³-hybridized carbons (Fsp3) is 0. The summed E-state index contributed by atoms with van der Waals surface area (Å²) in [4.78, 5) is 0. The van der Waals surface area contributed by atoms with Crippen LogP contribution in [0.25, 0.3) is 97.7 Å². The monoisotopic (exact) mass is 602 g/mol. The van der Waals surface area contributed by atoms with Crippen molar-refractivity contribution in [3.8, 4) is 33.4 Å². The molecule has 0 amide bonds. The third kappa shape index (κ3) is 3.74. The van der Waals surface area contributed by atoms with Crippen molar-refractivity contribution < 1.29 is 4.42 Å². The van der Waals surface area contributed by atoms with Crippen LogP contribution in [0.15, 0.2) is 161 Å². The molecule has 0 saturated heterocycles. The lowest BCUT2D eigenvalue weighted by Gasteiger charge is -2.18. The fourth-order valence-electron chi connectivity index (χ4n) is 7.47. The molecule has 8 aromatic carbocycles. The second kappa shape index (κ2) is 9.90. The molecule has 0 spiro atoms. The Hall–Kier alpha value is -5.70. The number of hydrogen-bond donors (Lipinski definition) is 0. The summed E-state index contributed by atoms with van der Waals surface area (Å²) in [5, 5.41) is 13.4. The van der Waals surface area contributed by atoms with Gasteiger partial charge in [0.15, 0.2) is 0 Å². The van der Waals surface area contributed by atoms with Crippen LogP contribution in [0.5, 0.6) is 0 Å². The third-order valence-corrected chi connectivity index (χ3v) is 10.5. The molecule has 0 aliphatic carbocycles. The molecule has 0 bridgehead atoms. The maximum atomic E-state index is 6.61. The second-order valence-corrected chi connectivity index (χ2v) is 13.0. The summed E-state index contributed by atoms with van der Waals surface area (Å²) in [5.74, 6) is 0. The van der Waals surface area contributed by atoms with E-state index in [1.54, 1.807) is 11.3 Å². The molecule has 2 heteroatoms. The van der Waals surface area contributed by atoms with Gasteiger partial charge in [0.25, 0.3) is 0 Å².